The van der Waals surface area contributed by atoms with Gasteiger partial charge in [-0.2, -0.15) is 0 Å². The molecule has 0 saturated carbocycles. The van der Waals surface area contributed by atoms with Crippen LogP contribution in [0.15, 0.2) is 200 Å². The Bertz CT molecular complexity index is 3200. The first-order valence-corrected chi connectivity index (χ1v) is 20.3. The first kappa shape index (κ1) is 32.0. The quantitative estimate of drug-likeness (QED) is 0.164. The molecule has 0 amide bonds. The van der Waals surface area contributed by atoms with E-state index in [1.54, 1.807) is 0 Å². The average molecular weight is 736 g/mol. The largest absolute Gasteiger partial charge is 0.310 e. The van der Waals surface area contributed by atoms with Crippen LogP contribution in [0.1, 0.15) is 0 Å². The Morgan fingerprint density at radius 3 is 1.60 bits per heavy atom. The van der Waals surface area contributed by atoms with E-state index in [4.69, 9.17) is 0 Å². The third-order valence-corrected chi connectivity index (χ3v) is 13.2. The van der Waals surface area contributed by atoms with Gasteiger partial charge in [0.15, 0.2) is 0 Å². The van der Waals surface area contributed by atoms with Crippen LogP contribution in [0.4, 0.5) is 17.1 Å². The van der Waals surface area contributed by atoms with Crippen molar-refractivity contribution >= 4 is 90.9 Å². The van der Waals surface area contributed by atoms with Gasteiger partial charge < -0.3 is 4.90 Å². The molecule has 0 spiro atoms. The van der Waals surface area contributed by atoms with Gasteiger partial charge in [0.2, 0.25) is 0 Å². The summed E-state index contributed by atoms with van der Waals surface area (Å²) in [5.74, 6) is 0. The highest BCUT2D eigenvalue weighted by molar-refractivity contribution is 7.26. The van der Waals surface area contributed by atoms with Crippen molar-refractivity contribution in [3.05, 3.63) is 200 Å². The van der Waals surface area contributed by atoms with Gasteiger partial charge in [-0.25, -0.2) is 0 Å². The summed E-state index contributed by atoms with van der Waals surface area (Å²) >= 11 is 3.74. The van der Waals surface area contributed by atoms with Crippen LogP contribution in [0, 0.1) is 0 Å². The summed E-state index contributed by atoms with van der Waals surface area (Å²) in [7, 11) is 0. The first-order chi connectivity index (χ1) is 27.2. The number of anilines is 3. The lowest BCUT2D eigenvalue weighted by atomic mass is 9.98. The van der Waals surface area contributed by atoms with Crippen LogP contribution in [0.25, 0.3) is 84.5 Å². The summed E-state index contributed by atoms with van der Waals surface area (Å²) in [5.41, 5.74) is 10.7. The molecule has 1 nitrogen and oxygen atoms in total. The zero-order valence-electron chi connectivity index (χ0n) is 29.8. The number of hydrogen-bond acceptors (Lipinski definition) is 3. The van der Waals surface area contributed by atoms with Crippen molar-refractivity contribution in [2.45, 2.75) is 0 Å². The number of nitrogens with zero attached hydrogens (tertiary/aromatic N) is 1. The third-order valence-electron chi connectivity index (χ3n) is 10.9. The van der Waals surface area contributed by atoms with Crippen LogP contribution >= 0.6 is 22.7 Å². The van der Waals surface area contributed by atoms with Crippen LogP contribution in [-0.2, 0) is 0 Å². The molecule has 258 valence electrons. The van der Waals surface area contributed by atoms with Gasteiger partial charge in [0.05, 0.1) is 0 Å². The molecule has 0 N–H and O–H groups in total. The molecule has 0 unspecified atom stereocenters. The van der Waals surface area contributed by atoms with Crippen molar-refractivity contribution in [1.82, 2.24) is 0 Å². The van der Waals surface area contributed by atoms with Gasteiger partial charge >= 0.3 is 0 Å². The van der Waals surface area contributed by atoms with Gasteiger partial charge in [0.1, 0.15) is 0 Å². The lowest BCUT2D eigenvalue weighted by Gasteiger charge is -2.26. The molecular weight excluding hydrogens is 703 g/mol. The number of fused-ring (bicyclic) bond motifs is 7. The maximum Gasteiger partial charge on any atom is 0.0467 e. The van der Waals surface area contributed by atoms with E-state index in [1.165, 1.54) is 84.5 Å². The van der Waals surface area contributed by atoms with Crippen molar-refractivity contribution in [2.24, 2.45) is 0 Å². The minimum Gasteiger partial charge on any atom is -0.310 e. The molecule has 0 radical (unpaired) electrons. The third kappa shape index (κ3) is 5.51. The molecule has 55 heavy (non-hydrogen) atoms. The van der Waals surface area contributed by atoms with Crippen LogP contribution in [-0.4, -0.2) is 0 Å². The van der Waals surface area contributed by atoms with Crippen LogP contribution < -0.4 is 4.90 Å². The summed E-state index contributed by atoms with van der Waals surface area (Å²) < 4.78 is 5.30. The van der Waals surface area contributed by atoms with Gasteiger partial charge in [0.25, 0.3) is 0 Å². The Hall–Kier alpha value is -6.52. The smallest absolute Gasteiger partial charge is 0.0467 e. The second-order valence-corrected chi connectivity index (χ2v) is 16.2. The van der Waals surface area contributed by atoms with Crippen molar-refractivity contribution in [3.8, 4) is 33.4 Å². The SMILES string of the molecule is c1cc(-c2ccc3c(c2)sc2ccccc23)cc(N(c2ccc(-c3cccc4ccccc34)cc2)c2ccc(-c3cccc4c3sc3ccccc34)cc2)c1. The van der Waals surface area contributed by atoms with E-state index in [-0.39, 0.29) is 0 Å². The minimum absolute atomic E-state index is 1.11. The normalized spacial score (nSPS) is 11.6. The van der Waals surface area contributed by atoms with E-state index in [1.807, 2.05) is 22.7 Å². The Labute approximate surface area is 327 Å². The summed E-state index contributed by atoms with van der Waals surface area (Å²) in [4.78, 5) is 2.39. The zero-order valence-corrected chi connectivity index (χ0v) is 31.4. The second kappa shape index (κ2) is 13.1. The zero-order chi connectivity index (χ0) is 36.3. The molecule has 11 rings (SSSR count). The van der Waals surface area contributed by atoms with Crippen LogP contribution in [0.5, 0.6) is 0 Å². The molecule has 9 aromatic carbocycles. The first-order valence-electron chi connectivity index (χ1n) is 18.7. The lowest BCUT2D eigenvalue weighted by molar-refractivity contribution is 1.28. The standard InChI is InChI=1S/C52H33NS2/c1-2-14-42-34(10-1)11-8-17-43(42)35-22-27-39(28-23-35)53(40-29-24-36(25-30-40)44-18-9-19-48-46-16-4-6-21-50(46)55-52(44)48)41-13-7-12-37(32-41)38-26-31-47-45-15-3-5-20-49(45)54-51(47)33-38/h1-33H. The fourth-order valence-electron chi connectivity index (χ4n) is 8.21. The van der Waals surface area contributed by atoms with Crippen LogP contribution in [0.3, 0.4) is 0 Å². The molecule has 0 aliphatic rings. The molecule has 0 aliphatic heterocycles. The van der Waals surface area contributed by atoms with E-state index >= 15 is 0 Å². The van der Waals surface area contributed by atoms with Crippen LogP contribution in [0.2, 0.25) is 0 Å². The monoisotopic (exact) mass is 735 g/mol. The molecule has 0 aliphatic carbocycles. The summed E-state index contributed by atoms with van der Waals surface area (Å²) in [6.45, 7) is 0. The Morgan fingerprint density at radius 2 is 0.818 bits per heavy atom. The summed E-state index contributed by atoms with van der Waals surface area (Å²) in [6, 6.07) is 73.4. The Kier molecular flexibility index (Phi) is 7.61. The predicted molar refractivity (Wildman–Crippen MR) is 241 cm³/mol. The van der Waals surface area contributed by atoms with E-state index in [0.717, 1.165) is 17.1 Å². The van der Waals surface area contributed by atoms with E-state index in [0.29, 0.717) is 0 Å². The molecule has 0 fully saturated rings. The summed E-state index contributed by atoms with van der Waals surface area (Å²) in [5, 5.41) is 7.81. The molecule has 2 heterocycles. The van der Waals surface area contributed by atoms with Crippen molar-refractivity contribution in [1.29, 1.82) is 0 Å². The fraction of sp³-hybridized carbons (Fsp3) is 0. The molecular formula is C52H33NS2. The maximum absolute atomic E-state index is 2.39. The van der Waals surface area contributed by atoms with Gasteiger partial charge in [-0.3, -0.25) is 0 Å². The lowest BCUT2D eigenvalue weighted by Crippen LogP contribution is -2.10. The highest BCUT2D eigenvalue weighted by atomic mass is 32.1. The van der Waals surface area contributed by atoms with E-state index in [2.05, 4.69) is 205 Å². The number of hydrogen-bond donors (Lipinski definition) is 0. The number of thiophene rings is 2. The second-order valence-electron chi connectivity index (χ2n) is 14.1. The molecule has 2 aromatic heterocycles. The van der Waals surface area contributed by atoms with Crippen molar-refractivity contribution in [2.75, 3.05) is 4.90 Å². The van der Waals surface area contributed by atoms with Gasteiger partial charge in [-0.1, -0.05) is 146 Å². The molecule has 0 bridgehead atoms. The minimum atomic E-state index is 1.11. The van der Waals surface area contributed by atoms with Gasteiger partial charge in [-0.15, -0.1) is 22.7 Å². The molecule has 11 aromatic rings. The number of benzene rings is 9. The fourth-order valence-corrected chi connectivity index (χ4v) is 10.6. The Balaban J connectivity index is 1.02. The topological polar surface area (TPSA) is 3.24 Å². The molecule has 0 atom stereocenters. The number of rotatable bonds is 6. The predicted octanol–water partition coefficient (Wildman–Crippen LogP) is 16.0. The highest BCUT2D eigenvalue weighted by Crippen LogP contribution is 2.43. The highest BCUT2D eigenvalue weighted by Gasteiger charge is 2.17. The van der Waals surface area contributed by atoms with Crippen molar-refractivity contribution in [3.63, 3.8) is 0 Å². The Morgan fingerprint density at radius 1 is 0.291 bits per heavy atom. The molecule has 3 heteroatoms. The molecule has 0 saturated heterocycles. The maximum atomic E-state index is 2.39. The van der Waals surface area contributed by atoms with E-state index in [9.17, 15) is 0 Å². The van der Waals surface area contributed by atoms with Crippen molar-refractivity contribution < 1.29 is 0 Å². The van der Waals surface area contributed by atoms with Gasteiger partial charge in [0, 0.05) is 57.4 Å². The summed E-state index contributed by atoms with van der Waals surface area (Å²) in [6.07, 6.45) is 0. The van der Waals surface area contributed by atoms with E-state index < -0.39 is 0 Å². The van der Waals surface area contributed by atoms with Gasteiger partial charge in [-0.05, 0) is 98.8 Å². The average Bonchev–Trinajstić information content (AvgIpc) is 3.83.